The molecule has 114 valence electrons. The van der Waals surface area contributed by atoms with Crippen LogP contribution in [0, 0.1) is 17.2 Å². The number of amides is 1. The molecule has 1 aromatic rings. The van der Waals surface area contributed by atoms with E-state index < -0.39 is 0 Å². The van der Waals surface area contributed by atoms with Crippen LogP contribution in [0.5, 0.6) is 0 Å². The second-order valence-electron chi connectivity index (χ2n) is 6.84. The maximum atomic E-state index is 12.8. The van der Waals surface area contributed by atoms with Gasteiger partial charge in [0.25, 0.3) is 5.91 Å². The largest absolute Gasteiger partial charge is 0.334 e. The molecule has 0 unspecified atom stereocenters. The fraction of sp³-hybridized carbons (Fsp3) is 0.556. The summed E-state index contributed by atoms with van der Waals surface area (Å²) in [5.74, 6) is 1.05. The summed E-state index contributed by atoms with van der Waals surface area (Å²) >= 11 is 0. The van der Waals surface area contributed by atoms with Gasteiger partial charge in [0.1, 0.15) is 0 Å². The predicted molar refractivity (Wildman–Crippen MR) is 83.3 cm³/mol. The molecular weight excluding hydrogens is 274 g/mol. The van der Waals surface area contributed by atoms with Gasteiger partial charge in [-0.25, -0.2) is 0 Å². The molecule has 0 aromatic heterocycles. The van der Waals surface area contributed by atoms with Crippen LogP contribution in [0.1, 0.15) is 41.6 Å². The number of carbonyl (C=O) groups is 1. The van der Waals surface area contributed by atoms with Gasteiger partial charge in [-0.15, -0.1) is 0 Å². The van der Waals surface area contributed by atoms with Crippen molar-refractivity contribution in [2.45, 2.75) is 37.8 Å². The van der Waals surface area contributed by atoms with Crippen molar-refractivity contribution in [3.63, 3.8) is 0 Å². The van der Waals surface area contributed by atoms with Crippen LogP contribution < -0.4 is 0 Å². The Morgan fingerprint density at radius 1 is 1.09 bits per heavy atom. The Bertz CT molecular complexity index is 614. The molecule has 1 amide bonds. The third-order valence-corrected chi connectivity index (χ3v) is 5.40. The second kappa shape index (κ2) is 5.40. The van der Waals surface area contributed by atoms with Crippen molar-refractivity contribution in [1.29, 1.82) is 5.26 Å². The lowest BCUT2D eigenvalue weighted by atomic mass is 10.1. The quantitative estimate of drug-likeness (QED) is 0.859. The van der Waals surface area contributed by atoms with Gasteiger partial charge >= 0.3 is 0 Å². The van der Waals surface area contributed by atoms with Gasteiger partial charge in [-0.3, -0.25) is 9.69 Å². The molecule has 0 N–H and O–H groups in total. The van der Waals surface area contributed by atoms with Gasteiger partial charge < -0.3 is 4.90 Å². The highest BCUT2D eigenvalue weighted by molar-refractivity contribution is 5.94. The van der Waals surface area contributed by atoms with Crippen LogP contribution >= 0.6 is 0 Å². The normalized spacial score (nSPS) is 27.7. The number of likely N-dealkylation sites (tertiary alicyclic amines) is 2. The molecule has 1 aromatic carbocycles. The molecule has 4 nitrogen and oxygen atoms in total. The van der Waals surface area contributed by atoms with Crippen molar-refractivity contribution in [2.75, 3.05) is 19.6 Å². The molecule has 0 bridgehead atoms. The van der Waals surface area contributed by atoms with E-state index in [4.69, 9.17) is 5.26 Å². The first kappa shape index (κ1) is 13.8. The molecule has 3 aliphatic rings. The summed E-state index contributed by atoms with van der Waals surface area (Å²) in [5.41, 5.74) is 1.31. The SMILES string of the molecule is N#Cc1ccc(C(=O)N2CC[C@H]3[C@H]2CCN3CC2CC2)cc1. The van der Waals surface area contributed by atoms with E-state index in [1.165, 1.54) is 19.4 Å². The van der Waals surface area contributed by atoms with E-state index in [1.54, 1.807) is 24.3 Å². The van der Waals surface area contributed by atoms with Gasteiger partial charge in [0.2, 0.25) is 0 Å². The van der Waals surface area contributed by atoms with Crippen LogP contribution in [0.4, 0.5) is 0 Å². The van der Waals surface area contributed by atoms with E-state index in [9.17, 15) is 4.79 Å². The lowest BCUT2D eigenvalue weighted by molar-refractivity contribution is 0.0732. The third-order valence-electron chi connectivity index (χ3n) is 5.40. The van der Waals surface area contributed by atoms with E-state index in [0.29, 0.717) is 23.2 Å². The van der Waals surface area contributed by atoms with Gasteiger partial charge in [-0.05, 0) is 55.9 Å². The fourth-order valence-corrected chi connectivity index (χ4v) is 4.04. The van der Waals surface area contributed by atoms with E-state index >= 15 is 0 Å². The lowest BCUT2D eigenvalue weighted by Gasteiger charge is -2.25. The minimum Gasteiger partial charge on any atom is -0.334 e. The van der Waals surface area contributed by atoms with Crippen molar-refractivity contribution in [3.8, 4) is 6.07 Å². The van der Waals surface area contributed by atoms with Gasteiger partial charge in [-0.1, -0.05) is 0 Å². The van der Waals surface area contributed by atoms with Gasteiger partial charge in [-0.2, -0.15) is 5.26 Å². The van der Waals surface area contributed by atoms with Crippen molar-refractivity contribution in [1.82, 2.24) is 9.80 Å². The first-order valence-electron chi connectivity index (χ1n) is 8.31. The Morgan fingerprint density at radius 3 is 2.50 bits per heavy atom. The molecule has 4 rings (SSSR count). The Kier molecular flexibility index (Phi) is 3.38. The smallest absolute Gasteiger partial charge is 0.254 e. The zero-order valence-corrected chi connectivity index (χ0v) is 12.7. The molecule has 0 radical (unpaired) electrons. The minimum absolute atomic E-state index is 0.130. The molecule has 2 atom stereocenters. The second-order valence-corrected chi connectivity index (χ2v) is 6.84. The molecular formula is C18H21N3O. The zero-order valence-electron chi connectivity index (χ0n) is 12.7. The number of hydrogen-bond donors (Lipinski definition) is 0. The zero-order chi connectivity index (χ0) is 15.1. The molecule has 3 fully saturated rings. The fourth-order valence-electron chi connectivity index (χ4n) is 4.04. The molecule has 2 heterocycles. The number of nitrogens with zero attached hydrogens (tertiary/aromatic N) is 3. The Labute approximate surface area is 131 Å². The van der Waals surface area contributed by atoms with E-state index in [2.05, 4.69) is 15.9 Å². The molecule has 22 heavy (non-hydrogen) atoms. The Hall–Kier alpha value is -1.86. The molecule has 0 spiro atoms. The lowest BCUT2D eigenvalue weighted by Crippen LogP contribution is -2.40. The minimum atomic E-state index is 0.130. The summed E-state index contributed by atoms with van der Waals surface area (Å²) in [6.45, 7) is 3.25. The molecule has 1 saturated carbocycles. The van der Waals surface area contributed by atoms with Crippen LogP contribution in [0.2, 0.25) is 0 Å². The monoisotopic (exact) mass is 295 g/mol. The Balaban J connectivity index is 1.46. The maximum absolute atomic E-state index is 12.8. The standard InChI is InChI=1S/C18H21N3O/c19-11-13-3-5-15(6-4-13)18(22)21-10-8-16-17(21)7-9-20(16)12-14-1-2-14/h3-6,14,16-17H,1-2,7-10,12H2/t16-,17+/m0/s1. The number of carbonyl (C=O) groups excluding carboxylic acids is 1. The van der Waals surface area contributed by atoms with Crippen LogP contribution in [0.25, 0.3) is 0 Å². The van der Waals surface area contributed by atoms with Gasteiger partial charge in [0, 0.05) is 37.3 Å². The molecule has 4 heteroatoms. The first-order chi connectivity index (χ1) is 10.8. The number of rotatable bonds is 3. The first-order valence-corrected chi connectivity index (χ1v) is 8.31. The highest BCUT2D eigenvalue weighted by Crippen LogP contribution is 2.37. The number of benzene rings is 1. The summed E-state index contributed by atoms with van der Waals surface area (Å²) in [6, 6.07) is 10.1. The van der Waals surface area contributed by atoms with Crippen LogP contribution in [-0.4, -0.2) is 47.4 Å². The third kappa shape index (κ3) is 2.40. The van der Waals surface area contributed by atoms with Crippen LogP contribution in [-0.2, 0) is 0 Å². The topological polar surface area (TPSA) is 47.3 Å². The summed E-state index contributed by atoms with van der Waals surface area (Å²) < 4.78 is 0. The summed E-state index contributed by atoms with van der Waals surface area (Å²) in [5, 5.41) is 8.86. The van der Waals surface area contributed by atoms with Crippen molar-refractivity contribution in [3.05, 3.63) is 35.4 Å². The summed E-state index contributed by atoms with van der Waals surface area (Å²) in [7, 11) is 0. The van der Waals surface area contributed by atoms with Gasteiger partial charge in [0.05, 0.1) is 11.6 Å². The summed E-state index contributed by atoms with van der Waals surface area (Å²) in [4.78, 5) is 17.4. The maximum Gasteiger partial charge on any atom is 0.254 e. The molecule has 2 aliphatic heterocycles. The van der Waals surface area contributed by atoms with E-state index in [1.807, 2.05) is 0 Å². The van der Waals surface area contributed by atoms with Crippen molar-refractivity contribution >= 4 is 5.91 Å². The highest BCUT2D eigenvalue weighted by atomic mass is 16.2. The van der Waals surface area contributed by atoms with Gasteiger partial charge in [0.15, 0.2) is 0 Å². The number of fused-ring (bicyclic) bond motifs is 1. The average molecular weight is 295 g/mol. The van der Waals surface area contributed by atoms with E-state index in [0.717, 1.165) is 31.8 Å². The molecule has 1 aliphatic carbocycles. The van der Waals surface area contributed by atoms with Crippen molar-refractivity contribution in [2.24, 2.45) is 5.92 Å². The van der Waals surface area contributed by atoms with Crippen LogP contribution in [0.3, 0.4) is 0 Å². The number of nitriles is 1. The summed E-state index contributed by atoms with van der Waals surface area (Å²) in [6.07, 6.45) is 5.00. The molecule has 2 saturated heterocycles. The predicted octanol–water partition coefficient (Wildman–Crippen LogP) is 2.26. The average Bonchev–Trinajstić information content (AvgIpc) is 3.13. The Morgan fingerprint density at radius 2 is 1.82 bits per heavy atom. The highest BCUT2D eigenvalue weighted by Gasteiger charge is 2.45. The number of hydrogen-bond acceptors (Lipinski definition) is 3. The van der Waals surface area contributed by atoms with Crippen LogP contribution in [0.15, 0.2) is 24.3 Å². The van der Waals surface area contributed by atoms with Crippen molar-refractivity contribution < 1.29 is 4.79 Å². The van der Waals surface area contributed by atoms with E-state index in [-0.39, 0.29) is 5.91 Å².